The van der Waals surface area contributed by atoms with Crippen molar-refractivity contribution >= 4 is 0 Å². The quantitative estimate of drug-likeness (QED) is 0.572. The Morgan fingerprint density at radius 3 is 2.36 bits per heavy atom. The van der Waals surface area contributed by atoms with Crippen molar-refractivity contribution in [1.29, 1.82) is 0 Å². The standard InChI is InChI=1S/C9H22N2O3/c1-8(14-11)4-6-12-9(2,3)5-7-13-10/h8H,4-7,10-11H2,1-3H3. The first kappa shape index (κ1) is 13.8. The molecule has 0 spiro atoms. The second-order valence-corrected chi connectivity index (χ2v) is 3.96. The van der Waals surface area contributed by atoms with Gasteiger partial charge in [-0.1, -0.05) is 0 Å². The van der Waals surface area contributed by atoms with Crippen LogP contribution in [0.15, 0.2) is 0 Å². The van der Waals surface area contributed by atoms with Crippen molar-refractivity contribution in [1.82, 2.24) is 0 Å². The zero-order valence-electron chi connectivity index (χ0n) is 9.29. The van der Waals surface area contributed by atoms with E-state index in [1.807, 2.05) is 20.8 Å². The summed E-state index contributed by atoms with van der Waals surface area (Å²) in [6.45, 7) is 7.02. The van der Waals surface area contributed by atoms with E-state index >= 15 is 0 Å². The number of rotatable bonds is 8. The van der Waals surface area contributed by atoms with E-state index in [2.05, 4.69) is 9.68 Å². The van der Waals surface area contributed by atoms with Crippen LogP contribution in [-0.2, 0) is 14.4 Å². The molecular formula is C9H22N2O3. The maximum Gasteiger partial charge on any atom is 0.0781 e. The van der Waals surface area contributed by atoms with E-state index in [1.54, 1.807) is 0 Å². The van der Waals surface area contributed by atoms with Crippen LogP contribution in [0.5, 0.6) is 0 Å². The molecule has 0 aromatic carbocycles. The zero-order chi connectivity index (χ0) is 11.0. The number of nitrogens with two attached hydrogens (primary N) is 2. The smallest absolute Gasteiger partial charge is 0.0781 e. The molecule has 86 valence electrons. The van der Waals surface area contributed by atoms with Gasteiger partial charge in [0.25, 0.3) is 0 Å². The van der Waals surface area contributed by atoms with Gasteiger partial charge in [0.2, 0.25) is 0 Å². The summed E-state index contributed by atoms with van der Waals surface area (Å²) in [5, 5.41) is 0. The normalized spacial score (nSPS) is 14.4. The third-order valence-corrected chi connectivity index (χ3v) is 2.07. The maximum atomic E-state index is 5.63. The molecule has 5 nitrogen and oxygen atoms in total. The molecule has 5 heteroatoms. The molecule has 14 heavy (non-hydrogen) atoms. The third kappa shape index (κ3) is 7.23. The molecule has 0 saturated heterocycles. The Labute approximate surface area is 85.6 Å². The van der Waals surface area contributed by atoms with E-state index in [9.17, 15) is 0 Å². The van der Waals surface area contributed by atoms with Crippen LogP contribution in [0.25, 0.3) is 0 Å². The molecule has 0 aliphatic rings. The van der Waals surface area contributed by atoms with Crippen molar-refractivity contribution in [2.45, 2.75) is 45.3 Å². The minimum atomic E-state index is -0.215. The van der Waals surface area contributed by atoms with E-state index in [1.165, 1.54) is 0 Å². The first-order chi connectivity index (χ1) is 6.52. The molecular weight excluding hydrogens is 184 g/mol. The summed E-state index contributed by atoms with van der Waals surface area (Å²) in [5.41, 5.74) is -0.215. The van der Waals surface area contributed by atoms with Gasteiger partial charge < -0.3 is 14.4 Å². The van der Waals surface area contributed by atoms with Crippen LogP contribution in [-0.4, -0.2) is 24.9 Å². The highest BCUT2D eigenvalue weighted by Gasteiger charge is 2.18. The minimum Gasteiger partial charge on any atom is -0.375 e. The predicted octanol–water partition coefficient (Wildman–Crippen LogP) is 0.731. The Morgan fingerprint density at radius 1 is 1.21 bits per heavy atom. The van der Waals surface area contributed by atoms with Crippen molar-refractivity contribution in [3.63, 3.8) is 0 Å². The van der Waals surface area contributed by atoms with Gasteiger partial charge >= 0.3 is 0 Å². The molecule has 0 aliphatic carbocycles. The lowest BCUT2D eigenvalue weighted by Gasteiger charge is -2.25. The molecule has 0 amide bonds. The largest absolute Gasteiger partial charge is 0.375 e. The Hall–Kier alpha value is -0.200. The fourth-order valence-electron chi connectivity index (χ4n) is 0.946. The Bertz CT molecular complexity index is 142. The molecule has 0 heterocycles. The number of hydrogen-bond donors (Lipinski definition) is 2. The highest BCUT2D eigenvalue weighted by Crippen LogP contribution is 2.14. The molecule has 1 unspecified atom stereocenters. The van der Waals surface area contributed by atoms with Gasteiger partial charge in [-0.15, -0.1) is 0 Å². The molecule has 0 saturated carbocycles. The van der Waals surface area contributed by atoms with Crippen molar-refractivity contribution < 1.29 is 14.4 Å². The second-order valence-electron chi connectivity index (χ2n) is 3.96. The minimum absolute atomic E-state index is 0.0246. The fraction of sp³-hybridized carbons (Fsp3) is 1.00. The first-order valence-electron chi connectivity index (χ1n) is 4.83. The van der Waals surface area contributed by atoms with E-state index < -0.39 is 0 Å². The highest BCUT2D eigenvalue weighted by atomic mass is 16.6. The highest BCUT2D eigenvalue weighted by molar-refractivity contribution is 4.68. The van der Waals surface area contributed by atoms with Crippen LogP contribution >= 0.6 is 0 Å². The fourth-order valence-corrected chi connectivity index (χ4v) is 0.946. The summed E-state index contributed by atoms with van der Waals surface area (Å²) < 4.78 is 5.63. The van der Waals surface area contributed by atoms with Crippen LogP contribution in [0.3, 0.4) is 0 Å². The summed E-state index contributed by atoms with van der Waals surface area (Å²) in [6.07, 6.45) is 1.57. The third-order valence-electron chi connectivity index (χ3n) is 2.07. The van der Waals surface area contributed by atoms with Crippen molar-refractivity contribution in [3.8, 4) is 0 Å². The van der Waals surface area contributed by atoms with E-state index in [-0.39, 0.29) is 11.7 Å². The molecule has 0 rings (SSSR count). The Balaban J connectivity index is 3.54. The molecule has 0 aliphatic heterocycles. The van der Waals surface area contributed by atoms with E-state index in [4.69, 9.17) is 16.5 Å². The van der Waals surface area contributed by atoms with Crippen molar-refractivity contribution in [2.75, 3.05) is 13.2 Å². The van der Waals surface area contributed by atoms with Gasteiger partial charge in [-0.25, -0.2) is 11.8 Å². The van der Waals surface area contributed by atoms with Gasteiger partial charge in [0.05, 0.1) is 18.3 Å². The van der Waals surface area contributed by atoms with Crippen LogP contribution in [0, 0.1) is 0 Å². The van der Waals surface area contributed by atoms with Crippen molar-refractivity contribution in [2.24, 2.45) is 11.8 Å². The second kappa shape index (κ2) is 7.14. The van der Waals surface area contributed by atoms with Gasteiger partial charge in [0.15, 0.2) is 0 Å². The predicted molar refractivity (Wildman–Crippen MR) is 54.1 cm³/mol. The zero-order valence-corrected chi connectivity index (χ0v) is 9.29. The molecule has 1 atom stereocenters. The van der Waals surface area contributed by atoms with Crippen molar-refractivity contribution in [3.05, 3.63) is 0 Å². The number of ether oxygens (including phenoxy) is 1. The van der Waals surface area contributed by atoms with Crippen LogP contribution in [0.4, 0.5) is 0 Å². The topological polar surface area (TPSA) is 79.7 Å². The first-order valence-corrected chi connectivity index (χ1v) is 4.83. The lowest BCUT2D eigenvalue weighted by molar-refractivity contribution is -0.0565. The summed E-state index contributed by atoms with van der Waals surface area (Å²) >= 11 is 0. The van der Waals surface area contributed by atoms with Crippen LogP contribution in [0.1, 0.15) is 33.6 Å². The van der Waals surface area contributed by atoms with Gasteiger partial charge in [-0.2, -0.15) is 0 Å². The summed E-state index contributed by atoms with van der Waals surface area (Å²) in [7, 11) is 0. The monoisotopic (exact) mass is 206 g/mol. The molecule has 0 bridgehead atoms. The molecule has 0 aromatic heterocycles. The average Bonchev–Trinajstić information content (AvgIpc) is 2.14. The van der Waals surface area contributed by atoms with Crippen LogP contribution in [0.2, 0.25) is 0 Å². The average molecular weight is 206 g/mol. The Kier molecular flexibility index (Phi) is 7.04. The van der Waals surface area contributed by atoms with E-state index in [0.717, 1.165) is 12.8 Å². The van der Waals surface area contributed by atoms with Gasteiger partial charge in [-0.3, -0.25) is 0 Å². The van der Waals surface area contributed by atoms with Gasteiger partial charge in [0, 0.05) is 13.0 Å². The Morgan fingerprint density at radius 2 is 1.86 bits per heavy atom. The summed E-state index contributed by atoms with van der Waals surface area (Å²) in [4.78, 5) is 9.12. The lowest BCUT2D eigenvalue weighted by Crippen LogP contribution is -2.29. The summed E-state index contributed by atoms with van der Waals surface area (Å²) in [6, 6.07) is 0. The molecule has 4 N–H and O–H groups in total. The molecule has 0 fully saturated rings. The van der Waals surface area contributed by atoms with Gasteiger partial charge in [-0.05, 0) is 27.2 Å². The van der Waals surface area contributed by atoms with E-state index in [0.29, 0.717) is 13.2 Å². The summed E-state index contributed by atoms with van der Waals surface area (Å²) in [5.74, 6) is 9.95. The lowest BCUT2D eigenvalue weighted by atomic mass is 10.1. The molecule has 0 radical (unpaired) electrons. The number of hydrogen-bond acceptors (Lipinski definition) is 5. The van der Waals surface area contributed by atoms with Crippen LogP contribution < -0.4 is 11.8 Å². The van der Waals surface area contributed by atoms with Gasteiger partial charge in [0.1, 0.15) is 0 Å². The SMILES string of the molecule is CC(CCOC(C)(C)CCON)ON. The molecule has 0 aromatic rings. The maximum absolute atomic E-state index is 5.63.